The number of nitrogens with two attached hydrogens (primary N) is 1. The lowest BCUT2D eigenvalue weighted by Gasteiger charge is -2.23. The van der Waals surface area contributed by atoms with Gasteiger partial charge in [0.2, 0.25) is 0 Å². The molecule has 0 radical (unpaired) electrons. The molecule has 0 spiro atoms. The maximum absolute atomic E-state index is 5.80. The summed E-state index contributed by atoms with van der Waals surface area (Å²) in [7, 11) is 0. The Morgan fingerprint density at radius 1 is 1.33 bits per heavy atom. The van der Waals surface area contributed by atoms with E-state index in [1.807, 2.05) is 18.3 Å². The van der Waals surface area contributed by atoms with Crippen molar-refractivity contribution in [1.82, 2.24) is 9.88 Å². The highest BCUT2D eigenvalue weighted by atomic mass is 15.1. The van der Waals surface area contributed by atoms with Gasteiger partial charge in [0, 0.05) is 30.9 Å². The Hall–Kier alpha value is -0.930. The van der Waals surface area contributed by atoms with Crippen LogP contribution in [0.4, 0.5) is 0 Å². The first-order valence-corrected chi connectivity index (χ1v) is 5.65. The number of pyridine rings is 1. The second-order valence-electron chi connectivity index (χ2n) is 3.67. The molecule has 1 unspecified atom stereocenters. The van der Waals surface area contributed by atoms with Crippen molar-refractivity contribution in [2.24, 2.45) is 5.73 Å². The Bertz CT molecular complexity index is 257. The van der Waals surface area contributed by atoms with Crippen LogP contribution in [0, 0.1) is 0 Å². The maximum atomic E-state index is 5.80. The summed E-state index contributed by atoms with van der Waals surface area (Å²) in [4.78, 5) is 6.75. The molecule has 2 N–H and O–H groups in total. The molecule has 1 aromatic heterocycles. The molecule has 1 aromatic rings. The average Bonchev–Trinajstić information content (AvgIpc) is 2.32. The van der Waals surface area contributed by atoms with Gasteiger partial charge in [0.15, 0.2) is 0 Å². The monoisotopic (exact) mass is 207 g/mol. The molecule has 84 valence electrons. The lowest BCUT2D eigenvalue weighted by molar-refractivity contribution is 0.283. The molecule has 1 heterocycles. The number of rotatable bonds is 6. The third-order valence-corrected chi connectivity index (χ3v) is 2.76. The van der Waals surface area contributed by atoms with Gasteiger partial charge in [0.05, 0.1) is 0 Å². The SMILES string of the molecule is CCN(CC)CC(CN)c1ccccn1. The van der Waals surface area contributed by atoms with E-state index >= 15 is 0 Å². The topological polar surface area (TPSA) is 42.1 Å². The normalized spacial score (nSPS) is 13.1. The van der Waals surface area contributed by atoms with Crippen LogP contribution in [0.5, 0.6) is 0 Å². The number of hydrogen-bond donors (Lipinski definition) is 1. The van der Waals surface area contributed by atoms with Gasteiger partial charge in [-0.1, -0.05) is 19.9 Å². The van der Waals surface area contributed by atoms with Crippen molar-refractivity contribution in [1.29, 1.82) is 0 Å². The summed E-state index contributed by atoms with van der Waals surface area (Å²) < 4.78 is 0. The van der Waals surface area contributed by atoms with E-state index in [-0.39, 0.29) is 0 Å². The summed E-state index contributed by atoms with van der Waals surface area (Å²) in [6.07, 6.45) is 1.83. The van der Waals surface area contributed by atoms with Crippen molar-refractivity contribution in [3.63, 3.8) is 0 Å². The third-order valence-electron chi connectivity index (χ3n) is 2.76. The van der Waals surface area contributed by atoms with Crippen LogP contribution < -0.4 is 5.73 Å². The molecule has 0 saturated heterocycles. The van der Waals surface area contributed by atoms with E-state index in [2.05, 4.69) is 29.8 Å². The molecular weight excluding hydrogens is 186 g/mol. The quantitative estimate of drug-likeness (QED) is 0.768. The summed E-state index contributed by atoms with van der Waals surface area (Å²) in [5, 5.41) is 0. The van der Waals surface area contributed by atoms with Gasteiger partial charge in [-0.3, -0.25) is 4.98 Å². The zero-order valence-corrected chi connectivity index (χ0v) is 9.69. The fraction of sp³-hybridized carbons (Fsp3) is 0.583. The zero-order chi connectivity index (χ0) is 11.1. The van der Waals surface area contributed by atoms with E-state index in [1.165, 1.54) is 0 Å². The van der Waals surface area contributed by atoms with E-state index in [0.717, 1.165) is 25.3 Å². The molecule has 15 heavy (non-hydrogen) atoms. The summed E-state index contributed by atoms with van der Waals surface area (Å²) in [6, 6.07) is 6.02. The Labute approximate surface area is 92.3 Å². The minimum Gasteiger partial charge on any atom is -0.330 e. The van der Waals surface area contributed by atoms with Crippen molar-refractivity contribution in [3.05, 3.63) is 30.1 Å². The summed E-state index contributed by atoms with van der Waals surface area (Å²) in [5.41, 5.74) is 6.90. The predicted molar refractivity (Wildman–Crippen MR) is 63.8 cm³/mol. The molecule has 0 bridgehead atoms. The predicted octanol–water partition coefficient (Wildman–Crippen LogP) is 1.47. The van der Waals surface area contributed by atoms with Crippen LogP contribution in [0.25, 0.3) is 0 Å². The van der Waals surface area contributed by atoms with Crippen LogP contribution in [0.15, 0.2) is 24.4 Å². The third kappa shape index (κ3) is 3.61. The van der Waals surface area contributed by atoms with Gasteiger partial charge >= 0.3 is 0 Å². The van der Waals surface area contributed by atoms with Gasteiger partial charge in [-0.2, -0.15) is 0 Å². The fourth-order valence-electron chi connectivity index (χ4n) is 1.70. The van der Waals surface area contributed by atoms with Gasteiger partial charge in [-0.25, -0.2) is 0 Å². The minimum absolute atomic E-state index is 0.353. The summed E-state index contributed by atoms with van der Waals surface area (Å²) in [6.45, 7) is 8.15. The molecular formula is C12H21N3. The first-order valence-electron chi connectivity index (χ1n) is 5.65. The molecule has 1 rings (SSSR count). The highest BCUT2D eigenvalue weighted by Gasteiger charge is 2.13. The molecule has 0 saturated carbocycles. The van der Waals surface area contributed by atoms with E-state index in [9.17, 15) is 0 Å². The van der Waals surface area contributed by atoms with Crippen LogP contribution in [-0.2, 0) is 0 Å². The van der Waals surface area contributed by atoms with E-state index < -0.39 is 0 Å². The molecule has 3 heteroatoms. The summed E-state index contributed by atoms with van der Waals surface area (Å²) >= 11 is 0. The van der Waals surface area contributed by atoms with Crippen LogP contribution in [-0.4, -0.2) is 36.1 Å². The fourth-order valence-corrected chi connectivity index (χ4v) is 1.70. The van der Waals surface area contributed by atoms with Gasteiger partial charge in [0.25, 0.3) is 0 Å². The van der Waals surface area contributed by atoms with Gasteiger partial charge in [-0.15, -0.1) is 0 Å². The second kappa shape index (κ2) is 6.53. The number of hydrogen-bond acceptors (Lipinski definition) is 3. The van der Waals surface area contributed by atoms with Crippen LogP contribution in [0.1, 0.15) is 25.5 Å². The Morgan fingerprint density at radius 3 is 2.53 bits per heavy atom. The first-order chi connectivity index (χ1) is 7.31. The van der Waals surface area contributed by atoms with E-state index in [1.54, 1.807) is 0 Å². The molecule has 3 nitrogen and oxygen atoms in total. The molecule has 0 amide bonds. The van der Waals surface area contributed by atoms with Crippen molar-refractivity contribution < 1.29 is 0 Å². The zero-order valence-electron chi connectivity index (χ0n) is 9.69. The lowest BCUT2D eigenvalue weighted by atomic mass is 10.0. The standard InChI is InChI=1S/C12H21N3/c1-3-15(4-2)10-11(9-13)12-7-5-6-8-14-12/h5-8,11H,3-4,9-10,13H2,1-2H3. The van der Waals surface area contributed by atoms with E-state index in [4.69, 9.17) is 5.73 Å². The highest BCUT2D eigenvalue weighted by molar-refractivity contribution is 5.10. The van der Waals surface area contributed by atoms with Gasteiger partial charge < -0.3 is 10.6 Å². The molecule has 0 aliphatic heterocycles. The molecule has 0 aromatic carbocycles. The lowest BCUT2D eigenvalue weighted by Crippen LogP contribution is -2.31. The van der Waals surface area contributed by atoms with Gasteiger partial charge in [0.1, 0.15) is 0 Å². The van der Waals surface area contributed by atoms with Crippen molar-refractivity contribution in [3.8, 4) is 0 Å². The second-order valence-corrected chi connectivity index (χ2v) is 3.67. The minimum atomic E-state index is 0.353. The molecule has 0 aliphatic rings. The Balaban J connectivity index is 2.64. The number of likely N-dealkylation sites (N-methyl/N-ethyl adjacent to an activating group) is 1. The maximum Gasteiger partial charge on any atom is 0.0459 e. The molecule has 1 atom stereocenters. The molecule has 0 aliphatic carbocycles. The first kappa shape index (κ1) is 12.1. The Kier molecular flexibility index (Phi) is 5.29. The number of nitrogens with zero attached hydrogens (tertiary/aromatic N) is 2. The van der Waals surface area contributed by atoms with Crippen LogP contribution >= 0.6 is 0 Å². The van der Waals surface area contributed by atoms with Gasteiger partial charge in [-0.05, 0) is 25.2 Å². The van der Waals surface area contributed by atoms with Crippen LogP contribution in [0.3, 0.4) is 0 Å². The van der Waals surface area contributed by atoms with Crippen LogP contribution in [0.2, 0.25) is 0 Å². The molecule has 0 fully saturated rings. The highest BCUT2D eigenvalue weighted by Crippen LogP contribution is 2.12. The Morgan fingerprint density at radius 2 is 2.07 bits per heavy atom. The van der Waals surface area contributed by atoms with E-state index in [0.29, 0.717) is 12.5 Å². The average molecular weight is 207 g/mol. The number of aromatic nitrogens is 1. The van der Waals surface area contributed by atoms with Crippen molar-refractivity contribution >= 4 is 0 Å². The van der Waals surface area contributed by atoms with Crippen molar-refractivity contribution in [2.45, 2.75) is 19.8 Å². The van der Waals surface area contributed by atoms with Crippen molar-refractivity contribution in [2.75, 3.05) is 26.2 Å². The largest absolute Gasteiger partial charge is 0.330 e. The summed E-state index contributed by atoms with van der Waals surface area (Å²) in [5.74, 6) is 0.353. The smallest absolute Gasteiger partial charge is 0.0459 e.